The summed E-state index contributed by atoms with van der Waals surface area (Å²) < 4.78 is 5.35. The first-order valence-electron chi connectivity index (χ1n) is 8.40. The van der Waals surface area contributed by atoms with Crippen LogP contribution in [0.1, 0.15) is 59.8 Å². The van der Waals surface area contributed by atoms with Crippen LogP contribution in [0.2, 0.25) is 0 Å². The number of piperidine rings is 1. The van der Waals surface area contributed by atoms with E-state index in [4.69, 9.17) is 4.74 Å². The largest absolute Gasteiger partial charge is 0.381 e. The second-order valence-corrected chi connectivity index (χ2v) is 8.23. The average molecular weight is 296 g/mol. The summed E-state index contributed by atoms with van der Waals surface area (Å²) in [5.74, 6) is 1.30. The first-order valence-corrected chi connectivity index (χ1v) is 8.40. The van der Waals surface area contributed by atoms with Gasteiger partial charge in [0.1, 0.15) is 0 Å². The van der Waals surface area contributed by atoms with E-state index in [2.05, 4.69) is 38.3 Å². The number of ether oxygens (including phenoxy) is 1. The van der Waals surface area contributed by atoms with Gasteiger partial charge >= 0.3 is 0 Å². The Hall–Kier alpha value is -0.610. The predicted molar refractivity (Wildman–Crippen MR) is 85.2 cm³/mol. The van der Waals surface area contributed by atoms with Gasteiger partial charge in [-0.25, -0.2) is 0 Å². The van der Waals surface area contributed by atoms with Crippen molar-refractivity contribution in [1.29, 1.82) is 0 Å². The SMILES string of the molecule is CC1(C)CC(CC(=O)NCC2CCOCC2)CC(C)(C)N1. The van der Waals surface area contributed by atoms with Crippen molar-refractivity contribution in [3.63, 3.8) is 0 Å². The number of carbonyl (C=O) groups excluding carboxylic acids is 1. The minimum atomic E-state index is 0.118. The van der Waals surface area contributed by atoms with Crippen LogP contribution in [-0.2, 0) is 9.53 Å². The first kappa shape index (κ1) is 16.8. The van der Waals surface area contributed by atoms with Crippen molar-refractivity contribution in [2.75, 3.05) is 19.8 Å². The van der Waals surface area contributed by atoms with Gasteiger partial charge in [-0.15, -0.1) is 0 Å². The van der Waals surface area contributed by atoms with Crippen molar-refractivity contribution in [1.82, 2.24) is 10.6 Å². The normalized spacial score (nSPS) is 26.5. The highest BCUT2D eigenvalue weighted by Crippen LogP contribution is 2.34. The van der Waals surface area contributed by atoms with Crippen LogP contribution in [0.15, 0.2) is 0 Å². The van der Waals surface area contributed by atoms with Gasteiger partial charge in [0.15, 0.2) is 0 Å². The number of rotatable bonds is 4. The monoisotopic (exact) mass is 296 g/mol. The summed E-state index contributed by atoms with van der Waals surface area (Å²) in [5, 5.41) is 6.81. The summed E-state index contributed by atoms with van der Waals surface area (Å²) in [5.41, 5.74) is 0.237. The minimum Gasteiger partial charge on any atom is -0.381 e. The van der Waals surface area contributed by atoms with Gasteiger partial charge in [0, 0.05) is 37.3 Å². The van der Waals surface area contributed by atoms with Gasteiger partial charge in [0.2, 0.25) is 5.91 Å². The lowest BCUT2D eigenvalue weighted by Gasteiger charge is -2.46. The molecule has 0 atom stereocenters. The fraction of sp³-hybridized carbons (Fsp3) is 0.941. The zero-order valence-electron chi connectivity index (χ0n) is 14.1. The van der Waals surface area contributed by atoms with Gasteiger partial charge in [-0.05, 0) is 65.2 Å². The van der Waals surface area contributed by atoms with Gasteiger partial charge in [0.25, 0.3) is 0 Å². The highest BCUT2D eigenvalue weighted by molar-refractivity contribution is 5.76. The maximum Gasteiger partial charge on any atom is 0.220 e. The molecule has 4 heteroatoms. The van der Waals surface area contributed by atoms with Crippen LogP contribution in [0.3, 0.4) is 0 Å². The summed E-state index contributed by atoms with van der Waals surface area (Å²) in [7, 11) is 0. The van der Waals surface area contributed by atoms with Crippen molar-refractivity contribution in [2.45, 2.75) is 70.9 Å². The molecule has 2 heterocycles. The quantitative estimate of drug-likeness (QED) is 0.838. The third-order valence-electron chi connectivity index (χ3n) is 4.68. The topological polar surface area (TPSA) is 50.4 Å². The maximum absolute atomic E-state index is 12.2. The molecule has 0 aromatic carbocycles. The summed E-state index contributed by atoms with van der Waals surface area (Å²) in [6.45, 7) is 11.5. The number of amides is 1. The number of hydrogen-bond acceptors (Lipinski definition) is 3. The zero-order valence-corrected chi connectivity index (χ0v) is 14.1. The smallest absolute Gasteiger partial charge is 0.220 e. The fourth-order valence-electron chi connectivity index (χ4n) is 4.22. The molecular formula is C17H32N2O2. The molecule has 0 aromatic heterocycles. The Morgan fingerprint density at radius 2 is 1.67 bits per heavy atom. The van der Waals surface area contributed by atoms with Gasteiger partial charge in [-0.2, -0.15) is 0 Å². The molecule has 122 valence electrons. The molecule has 0 aliphatic carbocycles. The van der Waals surface area contributed by atoms with E-state index < -0.39 is 0 Å². The molecule has 2 aliphatic heterocycles. The van der Waals surface area contributed by atoms with E-state index in [1.807, 2.05) is 0 Å². The van der Waals surface area contributed by atoms with Crippen molar-refractivity contribution in [3.05, 3.63) is 0 Å². The molecule has 2 aliphatic rings. The van der Waals surface area contributed by atoms with E-state index >= 15 is 0 Å². The fourth-order valence-corrected chi connectivity index (χ4v) is 4.22. The van der Waals surface area contributed by atoms with E-state index in [-0.39, 0.29) is 17.0 Å². The Labute approximate surface area is 129 Å². The standard InChI is InChI=1S/C17H32N2O2/c1-16(2)10-14(11-17(3,4)19-16)9-15(20)18-12-13-5-7-21-8-6-13/h13-14,19H,5-12H2,1-4H3,(H,18,20). The predicted octanol–water partition coefficient (Wildman–Crippen LogP) is 2.48. The minimum absolute atomic E-state index is 0.118. The Morgan fingerprint density at radius 3 is 2.24 bits per heavy atom. The lowest BCUT2D eigenvalue weighted by Crippen LogP contribution is -2.58. The van der Waals surface area contributed by atoms with E-state index in [0.29, 0.717) is 18.3 Å². The van der Waals surface area contributed by atoms with E-state index in [0.717, 1.165) is 45.4 Å². The van der Waals surface area contributed by atoms with Crippen molar-refractivity contribution in [3.8, 4) is 0 Å². The van der Waals surface area contributed by atoms with Crippen LogP contribution in [0.25, 0.3) is 0 Å². The van der Waals surface area contributed by atoms with Crippen molar-refractivity contribution < 1.29 is 9.53 Å². The Morgan fingerprint density at radius 1 is 1.10 bits per heavy atom. The molecule has 2 rings (SSSR count). The number of hydrogen-bond donors (Lipinski definition) is 2. The highest BCUT2D eigenvalue weighted by atomic mass is 16.5. The molecule has 0 saturated carbocycles. The highest BCUT2D eigenvalue weighted by Gasteiger charge is 2.38. The third kappa shape index (κ3) is 5.59. The van der Waals surface area contributed by atoms with Gasteiger partial charge in [0.05, 0.1) is 0 Å². The summed E-state index contributed by atoms with van der Waals surface area (Å²) >= 11 is 0. The van der Waals surface area contributed by atoms with Crippen molar-refractivity contribution >= 4 is 5.91 Å². The molecule has 0 bridgehead atoms. The molecule has 2 N–H and O–H groups in total. The third-order valence-corrected chi connectivity index (χ3v) is 4.68. The molecule has 4 nitrogen and oxygen atoms in total. The second-order valence-electron chi connectivity index (χ2n) is 8.23. The van der Waals surface area contributed by atoms with Crippen LogP contribution in [0.4, 0.5) is 0 Å². The molecule has 0 radical (unpaired) electrons. The van der Waals surface area contributed by atoms with Crippen LogP contribution >= 0.6 is 0 Å². The Balaban J connectivity index is 1.76. The molecule has 1 amide bonds. The van der Waals surface area contributed by atoms with E-state index in [9.17, 15) is 4.79 Å². The average Bonchev–Trinajstić information content (AvgIpc) is 2.33. The Kier molecular flexibility index (Phi) is 5.31. The van der Waals surface area contributed by atoms with E-state index in [1.165, 1.54) is 0 Å². The van der Waals surface area contributed by atoms with E-state index in [1.54, 1.807) is 0 Å². The van der Waals surface area contributed by atoms with Crippen LogP contribution in [0, 0.1) is 11.8 Å². The maximum atomic E-state index is 12.2. The molecule has 2 saturated heterocycles. The molecular weight excluding hydrogens is 264 g/mol. The molecule has 2 fully saturated rings. The van der Waals surface area contributed by atoms with Crippen LogP contribution in [0.5, 0.6) is 0 Å². The van der Waals surface area contributed by atoms with Crippen LogP contribution in [-0.4, -0.2) is 36.7 Å². The van der Waals surface area contributed by atoms with Crippen molar-refractivity contribution in [2.24, 2.45) is 11.8 Å². The summed E-state index contributed by atoms with van der Waals surface area (Å²) in [6, 6.07) is 0. The van der Waals surface area contributed by atoms with Gasteiger partial charge in [-0.3, -0.25) is 4.79 Å². The van der Waals surface area contributed by atoms with Gasteiger partial charge in [-0.1, -0.05) is 0 Å². The first-order chi connectivity index (χ1) is 9.76. The Bertz CT molecular complexity index is 344. The zero-order chi connectivity index (χ0) is 15.5. The number of carbonyl (C=O) groups is 1. The number of nitrogens with one attached hydrogen (secondary N) is 2. The lowest BCUT2D eigenvalue weighted by molar-refractivity contribution is -0.123. The lowest BCUT2D eigenvalue weighted by atomic mass is 9.74. The summed E-state index contributed by atoms with van der Waals surface area (Å²) in [4.78, 5) is 12.2. The van der Waals surface area contributed by atoms with Gasteiger partial charge < -0.3 is 15.4 Å². The molecule has 0 aromatic rings. The van der Waals surface area contributed by atoms with Crippen LogP contribution < -0.4 is 10.6 Å². The molecule has 21 heavy (non-hydrogen) atoms. The summed E-state index contributed by atoms with van der Waals surface area (Å²) in [6.07, 6.45) is 4.96. The second kappa shape index (κ2) is 6.66. The molecule has 0 spiro atoms. The molecule has 0 unspecified atom stereocenters.